The Morgan fingerprint density at radius 1 is 1.32 bits per heavy atom. The molecule has 110 valence electrons. The average Bonchev–Trinajstić information content (AvgIpc) is 2.66. The number of carbonyl (C=O) groups is 1. The summed E-state index contributed by atoms with van der Waals surface area (Å²) in [6.45, 7) is 6.22. The first kappa shape index (κ1) is 14.5. The van der Waals surface area contributed by atoms with Gasteiger partial charge in [-0.15, -0.1) is 0 Å². The van der Waals surface area contributed by atoms with Crippen LogP contribution in [0.15, 0.2) is 0 Å². The van der Waals surface area contributed by atoms with E-state index in [9.17, 15) is 13.6 Å². The van der Waals surface area contributed by atoms with Crippen molar-refractivity contribution in [3.05, 3.63) is 0 Å². The predicted octanol–water partition coefficient (Wildman–Crippen LogP) is 2.38. The predicted molar refractivity (Wildman–Crippen MR) is 67.3 cm³/mol. The highest BCUT2D eigenvalue weighted by atomic mass is 19.3. The first-order chi connectivity index (χ1) is 8.65. The lowest BCUT2D eigenvalue weighted by atomic mass is 9.84. The molecule has 1 spiro atoms. The summed E-state index contributed by atoms with van der Waals surface area (Å²) >= 11 is 0. The van der Waals surface area contributed by atoms with Crippen LogP contribution in [-0.2, 0) is 4.74 Å². The number of piperidine rings is 1. The van der Waals surface area contributed by atoms with E-state index in [1.165, 1.54) is 4.90 Å². The number of likely N-dealkylation sites (tertiary alicyclic amines) is 1. The molecule has 2 rings (SSSR count). The Labute approximate surface area is 112 Å². The summed E-state index contributed by atoms with van der Waals surface area (Å²) in [7, 11) is 0. The smallest absolute Gasteiger partial charge is 0.410 e. The Bertz CT molecular complexity index is 368. The van der Waals surface area contributed by atoms with Crippen molar-refractivity contribution in [2.24, 2.45) is 0 Å². The molecule has 6 heteroatoms. The second-order valence-electron chi connectivity index (χ2n) is 6.47. The molecule has 1 atom stereocenters. The topological polar surface area (TPSA) is 41.6 Å². The summed E-state index contributed by atoms with van der Waals surface area (Å²) in [5.41, 5.74) is -1.86. The molecule has 0 aromatic heterocycles. The van der Waals surface area contributed by atoms with Gasteiger partial charge < -0.3 is 15.0 Å². The van der Waals surface area contributed by atoms with Crippen molar-refractivity contribution in [3.8, 4) is 0 Å². The third kappa shape index (κ3) is 2.83. The van der Waals surface area contributed by atoms with E-state index in [1.807, 2.05) is 0 Å². The van der Waals surface area contributed by atoms with Crippen LogP contribution in [0.25, 0.3) is 0 Å². The summed E-state index contributed by atoms with van der Waals surface area (Å²) < 4.78 is 33.4. The number of rotatable bonds is 0. The third-order valence-electron chi connectivity index (χ3n) is 3.75. The van der Waals surface area contributed by atoms with Gasteiger partial charge in [-0.2, -0.15) is 0 Å². The summed E-state index contributed by atoms with van der Waals surface area (Å²) in [6.07, 6.45) is 0.135. The maximum absolute atomic E-state index is 14.1. The van der Waals surface area contributed by atoms with Gasteiger partial charge in [0.1, 0.15) is 11.1 Å². The Morgan fingerprint density at radius 3 is 2.58 bits per heavy atom. The Kier molecular flexibility index (Phi) is 3.49. The monoisotopic (exact) mass is 276 g/mol. The van der Waals surface area contributed by atoms with Crippen LogP contribution in [0.2, 0.25) is 0 Å². The molecule has 1 unspecified atom stereocenters. The molecule has 0 saturated carbocycles. The zero-order valence-electron chi connectivity index (χ0n) is 11.8. The minimum Gasteiger partial charge on any atom is -0.444 e. The second kappa shape index (κ2) is 4.58. The number of amides is 1. The molecule has 2 aliphatic rings. The molecule has 0 aromatic carbocycles. The molecule has 0 radical (unpaired) electrons. The molecule has 2 heterocycles. The fraction of sp³-hybridized carbons (Fsp3) is 0.923. The van der Waals surface area contributed by atoms with Crippen molar-refractivity contribution in [1.29, 1.82) is 0 Å². The van der Waals surface area contributed by atoms with Crippen molar-refractivity contribution in [1.82, 2.24) is 10.2 Å². The van der Waals surface area contributed by atoms with Crippen molar-refractivity contribution in [3.63, 3.8) is 0 Å². The molecule has 19 heavy (non-hydrogen) atoms. The van der Waals surface area contributed by atoms with E-state index >= 15 is 0 Å². The van der Waals surface area contributed by atoms with Gasteiger partial charge in [0.2, 0.25) is 0 Å². The highest BCUT2D eigenvalue weighted by Gasteiger charge is 2.58. The van der Waals surface area contributed by atoms with Gasteiger partial charge in [-0.25, -0.2) is 13.6 Å². The zero-order chi connectivity index (χ0) is 14.3. The SMILES string of the molecule is CC(C)(C)OC(=O)N1CCC2(C1)NCCCC2(F)F. The summed E-state index contributed by atoms with van der Waals surface area (Å²) in [4.78, 5) is 13.3. The van der Waals surface area contributed by atoms with E-state index < -0.39 is 23.2 Å². The number of alkyl halides is 2. The number of nitrogens with one attached hydrogen (secondary N) is 1. The van der Waals surface area contributed by atoms with Crippen molar-refractivity contribution < 1.29 is 18.3 Å². The van der Waals surface area contributed by atoms with Gasteiger partial charge in [0.25, 0.3) is 5.92 Å². The number of nitrogens with zero attached hydrogens (tertiary/aromatic N) is 1. The minimum absolute atomic E-state index is 0.0227. The van der Waals surface area contributed by atoms with Crippen LogP contribution in [0.5, 0.6) is 0 Å². The normalized spacial score (nSPS) is 30.7. The summed E-state index contributed by atoms with van der Waals surface area (Å²) in [5, 5.41) is 2.93. The van der Waals surface area contributed by atoms with Crippen LogP contribution in [0, 0.1) is 0 Å². The number of ether oxygens (including phenoxy) is 1. The number of halogens is 2. The Hall–Kier alpha value is -0.910. The molecule has 2 saturated heterocycles. The van der Waals surface area contributed by atoms with Gasteiger partial charge in [-0.05, 0) is 40.2 Å². The van der Waals surface area contributed by atoms with Crippen LogP contribution in [0.1, 0.15) is 40.0 Å². The van der Waals surface area contributed by atoms with Crippen molar-refractivity contribution in [2.75, 3.05) is 19.6 Å². The Balaban J connectivity index is 2.05. The average molecular weight is 276 g/mol. The first-order valence-corrected chi connectivity index (χ1v) is 6.76. The van der Waals surface area contributed by atoms with E-state index in [2.05, 4.69) is 5.32 Å². The number of hydrogen-bond donors (Lipinski definition) is 1. The maximum Gasteiger partial charge on any atom is 0.410 e. The lowest BCUT2D eigenvalue weighted by Gasteiger charge is -2.41. The van der Waals surface area contributed by atoms with Gasteiger partial charge in [-0.1, -0.05) is 0 Å². The highest BCUT2D eigenvalue weighted by Crippen LogP contribution is 2.42. The Morgan fingerprint density at radius 2 is 2.00 bits per heavy atom. The molecule has 2 aliphatic heterocycles. The van der Waals surface area contributed by atoms with Gasteiger partial charge in [-0.3, -0.25) is 0 Å². The standard InChI is InChI=1S/C13H22F2N2O2/c1-11(2,3)19-10(18)17-8-6-12(9-17)13(14,15)5-4-7-16-12/h16H,4-9H2,1-3H3. The maximum atomic E-state index is 14.1. The van der Waals surface area contributed by atoms with E-state index in [-0.39, 0.29) is 19.4 Å². The molecular weight excluding hydrogens is 254 g/mol. The van der Waals surface area contributed by atoms with Gasteiger partial charge in [0.15, 0.2) is 0 Å². The largest absolute Gasteiger partial charge is 0.444 e. The lowest BCUT2D eigenvalue weighted by Crippen LogP contribution is -2.63. The molecule has 0 bridgehead atoms. The molecule has 2 fully saturated rings. The number of carbonyl (C=O) groups excluding carboxylic acids is 1. The van der Waals surface area contributed by atoms with Crippen molar-refractivity contribution >= 4 is 6.09 Å². The minimum atomic E-state index is -2.76. The quantitative estimate of drug-likeness (QED) is 0.738. The van der Waals surface area contributed by atoms with E-state index in [0.717, 1.165) is 0 Å². The second-order valence-corrected chi connectivity index (χ2v) is 6.47. The van der Waals surface area contributed by atoms with Crippen LogP contribution in [0.4, 0.5) is 13.6 Å². The molecular formula is C13H22F2N2O2. The van der Waals surface area contributed by atoms with Crippen LogP contribution < -0.4 is 5.32 Å². The van der Waals surface area contributed by atoms with Crippen molar-refractivity contribution in [2.45, 2.75) is 57.1 Å². The van der Waals surface area contributed by atoms with Crippen LogP contribution >= 0.6 is 0 Å². The summed E-state index contributed by atoms with van der Waals surface area (Å²) in [6, 6.07) is 0. The van der Waals surface area contributed by atoms with E-state index in [1.54, 1.807) is 20.8 Å². The molecule has 1 amide bonds. The molecule has 0 aromatic rings. The number of hydrogen-bond acceptors (Lipinski definition) is 3. The van der Waals surface area contributed by atoms with Gasteiger partial charge in [0.05, 0.1) is 0 Å². The van der Waals surface area contributed by atoms with Crippen LogP contribution in [0.3, 0.4) is 0 Å². The highest BCUT2D eigenvalue weighted by molar-refractivity contribution is 5.68. The van der Waals surface area contributed by atoms with Gasteiger partial charge >= 0.3 is 6.09 Å². The molecule has 4 nitrogen and oxygen atoms in total. The fourth-order valence-electron chi connectivity index (χ4n) is 2.74. The van der Waals surface area contributed by atoms with Gasteiger partial charge in [0, 0.05) is 19.5 Å². The molecule has 0 aliphatic carbocycles. The zero-order valence-corrected chi connectivity index (χ0v) is 11.8. The molecule has 1 N–H and O–H groups in total. The first-order valence-electron chi connectivity index (χ1n) is 6.76. The van der Waals surface area contributed by atoms with E-state index in [4.69, 9.17) is 4.74 Å². The fourth-order valence-corrected chi connectivity index (χ4v) is 2.74. The van der Waals surface area contributed by atoms with Crippen LogP contribution in [-0.4, -0.2) is 47.7 Å². The van der Waals surface area contributed by atoms with E-state index in [0.29, 0.717) is 19.5 Å². The third-order valence-corrected chi connectivity index (χ3v) is 3.75. The summed E-state index contributed by atoms with van der Waals surface area (Å²) in [5.74, 6) is -2.76. The lowest BCUT2D eigenvalue weighted by molar-refractivity contribution is -0.108.